The van der Waals surface area contributed by atoms with Crippen molar-refractivity contribution in [3.05, 3.63) is 87.7 Å². The number of nitro benzene ring substituents is 1. The lowest BCUT2D eigenvalue weighted by Crippen LogP contribution is -2.47. The molecule has 2 aromatic heterocycles. The van der Waals surface area contributed by atoms with Gasteiger partial charge in [-0.3, -0.25) is 15.0 Å². The molecule has 51 heavy (non-hydrogen) atoms. The molecule has 1 aliphatic carbocycles. The van der Waals surface area contributed by atoms with E-state index in [2.05, 4.69) is 35.5 Å². The predicted octanol–water partition coefficient (Wildman–Crippen LogP) is 8.59. The molecular formula is C39H51N5O6Si. The van der Waals surface area contributed by atoms with E-state index >= 15 is 0 Å². The van der Waals surface area contributed by atoms with Crippen LogP contribution < -0.4 is 9.64 Å². The first-order valence-electron chi connectivity index (χ1n) is 18.1. The number of piperazine rings is 1. The molecule has 2 aromatic carbocycles. The number of fused-ring (bicyclic) bond motifs is 2. The third kappa shape index (κ3) is 8.97. The van der Waals surface area contributed by atoms with Crippen molar-refractivity contribution in [3.63, 3.8) is 0 Å². The zero-order valence-corrected chi connectivity index (χ0v) is 31.8. The fourth-order valence-electron chi connectivity index (χ4n) is 6.99. The molecule has 3 heterocycles. The zero-order chi connectivity index (χ0) is 36.3. The molecule has 12 heteroatoms. The maximum Gasteiger partial charge on any atom is 0.342 e. The summed E-state index contributed by atoms with van der Waals surface area (Å²) in [5, 5.41) is 12.7. The van der Waals surface area contributed by atoms with Crippen LogP contribution in [-0.2, 0) is 22.6 Å². The molecule has 1 aliphatic heterocycles. The number of hydrogen-bond donors (Lipinski definition) is 0. The first-order chi connectivity index (χ1) is 24.3. The van der Waals surface area contributed by atoms with Crippen LogP contribution in [0.3, 0.4) is 0 Å². The van der Waals surface area contributed by atoms with Gasteiger partial charge in [0.1, 0.15) is 35.0 Å². The second-order valence-electron chi connectivity index (χ2n) is 15.9. The lowest BCUT2D eigenvalue weighted by molar-refractivity contribution is -0.385. The highest BCUT2D eigenvalue weighted by Crippen LogP contribution is 2.39. The molecule has 11 nitrogen and oxygen atoms in total. The Kier molecular flexibility index (Phi) is 10.8. The summed E-state index contributed by atoms with van der Waals surface area (Å²) in [5.74, 6) is 0.475. The van der Waals surface area contributed by atoms with E-state index in [0.717, 1.165) is 92.4 Å². The number of anilines is 1. The number of aromatic nitrogens is 2. The number of carbonyl (C=O) groups excluding carboxylic acids is 1. The Morgan fingerprint density at radius 1 is 1.04 bits per heavy atom. The second-order valence-corrected chi connectivity index (χ2v) is 21.5. The number of hydrogen-bond acceptors (Lipinski definition) is 9. The molecule has 0 radical (unpaired) electrons. The van der Waals surface area contributed by atoms with Crippen LogP contribution in [0.4, 0.5) is 11.4 Å². The molecule has 1 atom stereocenters. The SMILES string of the molecule is CC(C)(C)OC(=O)c1ccc(N2CCN(C3CCCCc4c3cccc4[N+](=O)[O-])CC2)cc1Oc1cnc2c(ccn2COCC[Si](C)(C)C)c1. The van der Waals surface area contributed by atoms with Crippen LogP contribution in [0.15, 0.2) is 60.9 Å². The first-order valence-corrected chi connectivity index (χ1v) is 21.8. The minimum Gasteiger partial charge on any atom is -0.456 e. The summed E-state index contributed by atoms with van der Waals surface area (Å²) >= 11 is 0. The molecule has 0 amide bonds. The van der Waals surface area contributed by atoms with E-state index in [1.165, 1.54) is 0 Å². The molecular weight excluding hydrogens is 663 g/mol. The largest absolute Gasteiger partial charge is 0.456 e. The highest BCUT2D eigenvalue weighted by atomic mass is 28.3. The van der Waals surface area contributed by atoms with Crippen molar-refractivity contribution < 1.29 is 23.9 Å². The number of pyridine rings is 1. The van der Waals surface area contributed by atoms with Crippen molar-refractivity contribution in [2.24, 2.45) is 0 Å². The summed E-state index contributed by atoms with van der Waals surface area (Å²) in [4.78, 5) is 34.4. The van der Waals surface area contributed by atoms with Crippen LogP contribution in [0.1, 0.15) is 67.6 Å². The van der Waals surface area contributed by atoms with Gasteiger partial charge in [0.25, 0.3) is 5.69 Å². The monoisotopic (exact) mass is 713 g/mol. The lowest BCUT2D eigenvalue weighted by atomic mass is 9.95. The third-order valence-corrected chi connectivity index (χ3v) is 11.3. The van der Waals surface area contributed by atoms with Gasteiger partial charge in [-0.15, -0.1) is 0 Å². The summed E-state index contributed by atoms with van der Waals surface area (Å²) < 4.78 is 20.1. The third-order valence-electron chi connectivity index (χ3n) is 9.63. The van der Waals surface area contributed by atoms with Crippen LogP contribution in [0.2, 0.25) is 25.7 Å². The van der Waals surface area contributed by atoms with Crippen LogP contribution in [0.25, 0.3) is 11.0 Å². The minimum atomic E-state index is -1.17. The van der Waals surface area contributed by atoms with Gasteiger partial charge in [-0.25, -0.2) is 9.78 Å². The molecule has 1 unspecified atom stereocenters. The molecule has 272 valence electrons. The molecule has 0 saturated carbocycles. The zero-order valence-electron chi connectivity index (χ0n) is 30.8. The molecule has 0 bridgehead atoms. The summed E-state index contributed by atoms with van der Waals surface area (Å²) in [6, 6.07) is 16.4. The van der Waals surface area contributed by atoms with Crippen molar-refractivity contribution in [1.82, 2.24) is 14.5 Å². The summed E-state index contributed by atoms with van der Waals surface area (Å²) in [6.45, 7) is 16.9. The normalized spacial score (nSPS) is 17.2. The molecule has 2 aliphatic rings. The standard InChI is InChI=1S/C39H51N5O6Si/c1-39(2,3)50-38(45)33-15-14-29(25-36(33)49-30-24-28-16-17-43(37(28)40-26-30)27-48-22-23-51(4,5)6)41-18-20-42(21-19-41)34-12-8-7-10-32-31(34)11-9-13-35(32)44(46)47/h9,11,13-17,24-26,34H,7-8,10,12,18-23,27H2,1-6H3. The van der Waals surface area contributed by atoms with Gasteiger partial charge in [0, 0.05) is 81.9 Å². The number of ether oxygens (including phenoxy) is 3. The number of rotatable bonds is 11. The van der Waals surface area contributed by atoms with Crippen LogP contribution in [0.5, 0.6) is 11.5 Å². The summed E-state index contributed by atoms with van der Waals surface area (Å²) in [7, 11) is -1.17. The van der Waals surface area contributed by atoms with Gasteiger partial charge in [-0.2, -0.15) is 0 Å². The van der Waals surface area contributed by atoms with Gasteiger partial charge in [0.05, 0.1) is 11.1 Å². The topological polar surface area (TPSA) is 112 Å². The van der Waals surface area contributed by atoms with Crippen molar-refractivity contribution in [2.45, 2.75) is 90.5 Å². The highest BCUT2D eigenvalue weighted by molar-refractivity contribution is 6.76. The number of carbonyl (C=O) groups is 1. The van der Waals surface area contributed by atoms with Gasteiger partial charge in [0.2, 0.25) is 0 Å². The van der Waals surface area contributed by atoms with E-state index < -0.39 is 19.6 Å². The lowest BCUT2D eigenvalue weighted by Gasteiger charge is -2.40. The van der Waals surface area contributed by atoms with E-state index in [0.29, 0.717) is 23.8 Å². The van der Waals surface area contributed by atoms with Crippen molar-refractivity contribution in [2.75, 3.05) is 37.7 Å². The van der Waals surface area contributed by atoms with E-state index in [1.807, 2.05) is 61.9 Å². The van der Waals surface area contributed by atoms with Crippen molar-refractivity contribution in [3.8, 4) is 11.5 Å². The second kappa shape index (κ2) is 15.1. The van der Waals surface area contributed by atoms with Crippen LogP contribution in [0, 0.1) is 10.1 Å². The van der Waals surface area contributed by atoms with Crippen molar-refractivity contribution >= 4 is 36.5 Å². The molecule has 6 rings (SSSR count). The van der Waals surface area contributed by atoms with Gasteiger partial charge in [-0.1, -0.05) is 38.2 Å². The fraction of sp³-hybridized carbons (Fsp3) is 0.487. The smallest absolute Gasteiger partial charge is 0.342 e. The Morgan fingerprint density at radius 3 is 2.55 bits per heavy atom. The van der Waals surface area contributed by atoms with Gasteiger partial charge in [-0.05, 0) is 75.9 Å². The average Bonchev–Trinajstić information content (AvgIpc) is 3.34. The van der Waals surface area contributed by atoms with E-state index in [-0.39, 0.29) is 16.7 Å². The molecule has 1 fully saturated rings. The van der Waals surface area contributed by atoms with Gasteiger partial charge < -0.3 is 23.7 Å². The highest BCUT2D eigenvalue weighted by Gasteiger charge is 2.31. The fourth-order valence-corrected chi connectivity index (χ4v) is 7.75. The van der Waals surface area contributed by atoms with Crippen molar-refractivity contribution in [1.29, 1.82) is 0 Å². The molecule has 4 aromatic rings. The molecule has 0 N–H and O–H groups in total. The van der Waals surface area contributed by atoms with E-state index in [4.69, 9.17) is 19.2 Å². The maximum absolute atomic E-state index is 13.4. The predicted molar refractivity (Wildman–Crippen MR) is 203 cm³/mol. The first kappa shape index (κ1) is 36.5. The Balaban J connectivity index is 1.20. The summed E-state index contributed by atoms with van der Waals surface area (Å²) in [5.41, 5.74) is 3.66. The number of benzene rings is 2. The number of nitrogens with zero attached hydrogens (tertiary/aromatic N) is 5. The van der Waals surface area contributed by atoms with E-state index in [1.54, 1.807) is 18.3 Å². The average molecular weight is 714 g/mol. The Hall–Kier alpha value is -4.26. The summed E-state index contributed by atoms with van der Waals surface area (Å²) in [6.07, 6.45) is 7.39. The van der Waals surface area contributed by atoms with Gasteiger partial charge in [0.15, 0.2) is 0 Å². The van der Waals surface area contributed by atoms with Crippen LogP contribution >= 0.6 is 0 Å². The quantitative estimate of drug-likeness (QED) is 0.0377. The Morgan fingerprint density at radius 2 is 1.82 bits per heavy atom. The Bertz CT molecular complexity index is 1870. The maximum atomic E-state index is 13.4. The van der Waals surface area contributed by atoms with E-state index in [9.17, 15) is 14.9 Å². The molecule has 0 spiro atoms. The minimum absolute atomic E-state index is 0.159. The Labute approximate surface area is 301 Å². The number of esters is 1. The van der Waals surface area contributed by atoms with Gasteiger partial charge >= 0.3 is 5.97 Å². The van der Waals surface area contributed by atoms with Crippen LogP contribution in [-0.4, -0.2) is 71.8 Å². The molecule has 1 saturated heterocycles. The number of nitro groups is 1.